The molecule has 0 amide bonds. The zero-order valence-electron chi connectivity index (χ0n) is 36.3. The maximum absolute atomic E-state index is 12.0. The molecule has 0 fully saturated rings. The SMILES string of the molecule is CCCCCC/C=C\CCCCCCCCOC(=O)CCCCCCCCCCCCCCCCCCCCCCCCCCCCCCCCC. The van der Waals surface area contributed by atoms with Crippen LogP contribution in [0.25, 0.3) is 0 Å². The number of allylic oxidation sites excluding steroid dienone is 2. The summed E-state index contributed by atoms with van der Waals surface area (Å²) >= 11 is 0. The van der Waals surface area contributed by atoms with Gasteiger partial charge in [0, 0.05) is 6.42 Å². The number of unbranched alkanes of at least 4 members (excludes halogenated alkanes) is 40. The second-order valence-electron chi connectivity index (χ2n) is 16.8. The maximum atomic E-state index is 12.0. The van der Waals surface area contributed by atoms with Crippen molar-refractivity contribution in [2.75, 3.05) is 6.61 Å². The van der Waals surface area contributed by atoms with Gasteiger partial charge in [0.15, 0.2) is 0 Å². The molecule has 310 valence electrons. The van der Waals surface area contributed by atoms with Gasteiger partial charge in [0.2, 0.25) is 0 Å². The summed E-state index contributed by atoms with van der Waals surface area (Å²) in [6, 6.07) is 0. The average Bonchev–Trinajstić information content (AvgIpc) is 3.15. The zero-order chi connectivity index (χ0) is 37.5. The van der Waals surface area contributed by atoms with Gasteiger partial charge in [-0.2, -0.15) is 0 Å². The molecule has 52 heavy (non-hydrogen) atoms. The third-order valence-corrected chi connectivity index (χ3v) is 11.4. The molecule has 2 heteroatoms. The Balaban J connectivity index is 3.14. The Morgan fingerprint density at radius 3 is 0.846 bits per heavy atom. The van der Waals surface area contributed by atoms with Crippen LogP contribution in [0, 0.1) is 0 Å². The normalized spacial score (nSPS) is 11.7. The molecule has 0 saturated heterocycles. The quantitative estimate of drug-likeness (QED) is 0.0354. The lowest BCUT2D eigenvalue weighted by molar-refractivity contribution is -0.143. The summed E-state index contributed by atoms with van der Waals surface area (Å²) < 4.78 is 5.47. The number of rotatable bonds is 46. The molecule has 0 aliphatic heterocycles. The van der Waals surface area contributed by atoms with Crippen molar-refractivity contribution in [3.63, 3.8) is 0 Å². The van der Waals surface area contributed by atoms with Crippen LogP contribution in [0.1, 0.15) is 296 Å². The Labute approximate surface area is 329 Å². The van der Waals surface area contributed by atoms with Gasteiger partial charge in [0.1, 0.15) is 0 Å². The average molecular weight is 731 g/mol. The smallest absolute Gasteiger partial charge is 0.305 e. The first-order valence-corrected chi connectivity index (χ1v) is 24.6. The van der Waals surface area contributed by atoms with Crippen molar-refractivity contribution < 1.29 is 9.53 Å². The number of esters is 1. The van der Waals surface area contributed by atoms with Crippen LogP contribution in [0.15, 0.2) is 12.2 Å². The molecule has 0 aliphatic carbocycles. The molecule has 0 aliphatic rings. The van der Waals surface area contributed by atoms with E-state index < -0.39 is 0 Å². The molecule has 0 radical (unpaired) electrons. The first-order valence-electron chi connectivity index (χ1n) is 24.6. The molecule has 0 atom stereocenters. The molecule has 0 N–H and O–H groups in total. The van der Waals surface area contributed by atoms with Crippen LogP contribution in [0.4, 0.5) is 0 Å². The van der Waals surface area contributed by atoms with Crippen LogP contribution in [-0.2, 0) is 9.53 Å². The monoisotopic (exact) mass is 731 g/mol. The molecule has 0 aromatic rings. The Kier molecular flexibility index (Phi) is 47.5. The Morgan fingerprint density at radius 1 is 0.308 bits per heavy atom. The van der Waals surface area contributed by atoms with Crippen molar-refractivity contribution in [1.29, 1.82) is 0 Å². The first-order chi connectivity index (χ1) is 25.8. The van der Waals surface area contributed by atoms with E-state index in [1.165, 1.54) is 263 Å². The summed E-state index contributed by atoms with van der Waals surface area (Å²) in [5.41, 5.74) is 0. The van der Waals surface area contributed by atoms with E-state index in [-0.39, 0.29) is 5.97 Å². The van der Waals surface area contributed by atoms with E-state index in [9.17, 15) is 4.79 Å². The van der Waals surface area contributed by atoms with Gasteiger partial charge in [-0.05, 0) is 38.5 Å². The van der Waals surface area contributed by atoms with Crippen molar-refractivity contribution in [3.8, 4) is 0 Å². The topological polar surface area (TPSA) is 26.3 Å². The highest BCUT2D eigenvalue weighted by Crippen LogP contribution is 2.17. The number of carbonyl (C=O) groups excluding carboxylic acids is 1. The van der Waals surface area contributed by atoms with Gasteiger partial charge in [0.25, 0.3) is 0 Å². The van der Waals surface area contributed by atoms with E-state index in [1.54, 1.807) is 0 Å². The Bertz CT molecular complexity index is 669. The van der Waals surface area contributed by atoms with Crippen molar-refractivity contribution in [2.24, 2.45) is 0 Å². The molecule has 0 bridgehead atoms. The summed E-state index contributed by atoms with van der Waals surface area (Å²) in [5, 5.41) is 0. The maximum Gasteiger partial charge on any atom is 0.305 e. The van der Waals surface area contributed by atoms with Crippen molar-refractivity contribution in [2.45, 2.75) is 296 Å². The lowest BCUT2D eigenvalue weighted by atomic mass is 10.0. The van der Waals surface area contributed by atoms with Crippen LogP contribution >= 0.6 is 0 Å². The molecule has 0 aromatic carbocycles. The molecule has 0 spiro atoms. The van der Waals surface area contributed by atoms with E-state index in [0.717, 1.165) is 12.8 Å². The van der Waals surface area contributed by atoms with E-state index in [4.69, 9.17) is 4.74 Å². The van der Waals surface area contributed by atoms with Crippen LogP contribution < -0.4 is 0 Å². The number of hydrogen-bond acceptors (Lipinski definition) is 2. The Morgan fingerprint density at radius 2 is 0.538 bits per heavy atom. The van der Waals surface area contributed by atoms with Crippen molar-refractivity contribution in [1.82, 2.24) is 0 Å². The second kappa shape index (κ2) is 48.2. The van der Waals surface area contributed by atoms with Gasteiger partial charge in [-0.3, -0.25) is 4.79 Å². The van der Waals surface area contributed by atoms with Crippen LogP contribution in [0.3, 0.4) is 0 Å². The number of ether oxygens (including phenoxy) is 1. The molecule has 0 heterocycles. The van der Waals surface area contributed by atoms with Gasteiger partial charge in [-0.15, -0.1) is 0 Å². The standard InChI is InChI=1S/C50H98O2/c1-3-5-7-9-11-13-15-17-19-20-21-22-23-24-25-26-27-28-29-30-31-32-33-34-35-36-38-40-42-44-46-48-50(51)52-49-47-45-43-41-39-37-18-16-14-12-10-8-6-4-2/h14,16H,3-13,15,17-49H2,1-2H3/b16-14-. The molecule has 2 nitrogen and oxygen atoms in total. The van der Waals surface area contributed by atoms with Gasteiger partial charge in [-0.1, -0.05) is 264 Å². The van der Waals surface area contributed by atoms with E-state index in [1.807, 2.05) is 0 Å². The summed E-state index contributed by atoms with van der Waals surface area (Å²) in [6.07, 6.45) is 65.0. The number of carbonyl (C=O) groups is 1. The predicted octanol–water partition coefficient (Wildman–Crippen LogP) is 18.3. The van der Waals surface area contributed by atoms with E-state index >= 15 is 0 Å². The summed E-state index contributed by atoms with van der Waals surface area (Å²) in [4.78, 5) is 12.0. The Hall–Kier alpha value is -0.790. The second-order valence-corrected chi connectivity index (χ2v) is 16.8. The molecule has 0 aromatic heterocycles. The highest BCUT2D eigenvalue weighted by atomic mass is 16.5. The fourth-order valence-electron chi connectivity index (χ4n) is 7.72. The van der Waals surface area contributed by atoms with E-state index in [0.29, 0.717) is 13.0 Å². The fourth-order valence-corrected chi connectivity index (χ4v) is 7.72. The zero-order valence-corrected chi connectivity index (χ0v) is 36.3. The summed E-state index contributed by atoms with van der Waals surface area (Å²) in [5.74, 6) is 0.0249. The molecule has 0 rings (SSSR count). The molecular formula is C50H98O2. The predicted molar refractivity (Wildman–Crippen MR) is 235 cm³/mol. The van der Waals surface area contributed by atoms with Gasteiger partial charge >= 0.3 is 5.97 Å². The molecular weight excluding hydrogens is 633 g/mol. The number of hydrogen-bond donors (Lipinski definition) is 0. The van der Waals surface area contributed by atoms with E-state index in [2.05, 4.69) is 26.0 Å². The molecule has 0 saturated carbocycles. The largest absolute Gasteiger partial charge is 0.466 e. The third-order valence-electron chi connectivity index (χ3n) is 11.4. The van der Waals surface area contributed by atoms with Crippen molar-refractivity contribution in [3.05, 3.63) is 12.2 Å². The fraction of sp³-hybridized carbons (Fsp3) is 0.940. The van der Waals surface area contributed by atoms with Gasteiger partial charge < -0.3 is 4.74 Å². The lowest BCUT2D eigenvalue weighted by Crippen LogP contribution is -2.05. The molecule has 0 unspecified atom stereocenters. The first kappa shape index (κ1) is 51.2. The highest BCUT2D eigenvalue weighted by Gasteiger charge is 2.03. The van der Waals surface area contributed by atoms with Crippen LogP contribution in [-0.4, -0.2) is 12.6 Å². The van der Waals surface area contributed by atoms with Gasteiger partial charge in [0.05, 0.1) is 6.61 Å². The highest BCUT2D eigenvalue weighted by molar-refractivity contribution is 5.69. The summed E-state index contributed by atoms with van der Waals surface area (Å²) in [7, 11) is 0. The minimum atomic E-state index is 0.0249. The minimum Gasteiger partial charge on any atom is -0.466 e. The van der Waals surface area contributed by atoms with Crippen molar-refractivity contribution >= 4 is 5.97 Å². The third kappa shape index (κ3) is 47.2. The van der Waals surface area contributed by atoms with Crippen LogP contribution in [0.2, 0.25) is 0 Å². The lowest BCUT2D eigenvalue weighted by Gasteiger charge is -2.06. The summed E-state index contributed by atoms with van der Waals surface area (Å²) in [6.45, 7) is 5.20. The van der Waals surface area contributed by atoms with Gasteiger partial charge in [-0.25, -0.2) is 0 Å². The van der Waals surface area contributed by atoms with Crippen LogP contribution in [0.5, 0.6) is 0 Å². The minimum absolute atomic E-state index is 0.0249.